The van der Waals surface area contributed by atoms with Gasteiger partial charge in [-0.3, -0.25) is 4.79 Å². The highest BCUT2D eigenvalue weighted by Crippen LogP contribution is 2.43. The molecule has 2 atom stereocenters. The third-order valence-electron chi connectivity index (χ3n) is 5.09. The Kier molecular flexibility index (Phi) is 5.56. The highest BCUT2D eigenvalue weighted by molar-refractivity contribution is 7.09. The van der Waals surface area contributed by atoms with Gasteiger partial charge in [-0.15, -0.1) is 11.3 Å². The number of carbonyl (C=O) groups excluding carboxylic acids is 1. The Morgan fingerprint density at radius 2 is 2.38 bits per heavy atom. The summed E-state index contributed by atoms with van der Waals surface area (Å²) in [5.41, 5.74) is -1.07. The maximum Gasteiger partial charge on any atom is 0.254 e. The van der Waals surface area contributed by atoms with E-state index in [-0.39, 0.29) is 26.8 Å². The number of nitrogens with zero attached hydrogens (tertiary/aromatic N) is 2. The van der Waals surface area contributed by atoms with Crippen LogP contribution in [0, 0.1) is 0 Å². The maximum atomic E-state index is 13.0. The molecular weight excluding hydrogens is 416 g/mol. The summed E-state index contributed by atoms with van der Waals surface area (Å²) in [6, 6.07) is 4.93. The molecule has 2 saturated heterocycles. The van der Waals surface area contributed by atoms with E-state index in [1.165, 1.54) is 0 Å². The lowest BCUT2D eigenvalue weighted by atomic mass is 9.89. The second-order valence-corrected chi connectivity index (χ2v) is 9.19. The summed E-state index contributed by atoms with van der Waals surface area (Å²) in [4.78, 5) is 19.2. The molecule has 9 heteroatoms. The van der Waals surface area contributed by atoms with E-state index in [4.69, 9.17) is 25.8 Å². The molecule has 29 heavy (non-hydrogen) atoms. The van der Waals surface area contributed by atoms with Gasteiger partial charge in [0.25, 0.3) is 5.91 Å². The first-order valence-electron chi connectivity index (χ1n) is 9.38. The number of aliphatic hydroxyl groups is 1. The second-order valence-electron chi connectivity index (χ2n) is 7.89. The van der Waals surface area contributed by atoms with Crippen molar-refractivity contribution in [1.29, 1.82) is 0 Å². The number of amides is 1. The molecule has 0 aliphatic carbocycles. The summed E-state index contributed by atoms with van der Waals surface area (Å²) in [7, 11) is 0. The van der Waals surface area contributed by atoms with Crippen molar-refractivity contribution >= 4 is 28.8 Å². The van der Waals surface area contributed by atoms with Gasteiger partial charge in [-0.2, -0.15) is 0 Å². The summed E-state index contributed by atoms with van der Waals surface area (Å²) in [6.07, 6.45) is 2.13. The smallest absolute Gasteiger partial charge is 0.254 e. The molecule has 0 spiro atoms. The van der Waals surface area contributed by atoms with Gasteiger partial charge in [-0.25, -0.2) is 4.98 Å². The van der Waals surface area contributed by atoms with Gasteiger partial charge in [0.05, 0.1) is 17.2 Å². The van der Waals surface area contributed by atoms with E-state index in [9.17, 15) is 9.90 Å². The lowest BCUT2D eigenvalue weighted by Gasteiger charge is -2.40. The SMILES string of the molecule is CC(C)(O)COc1ccc(C(=O)N2CCC3(c4nccs4)OCOC3C2)cc1Cl.[HH]. The topological polar surface area (TPSA) is 81.1 Å². The molecule has 2 fully saturated rings. The van der Waals surface area contributed by atoms with Gasteiger partial charge in [0.2, 0.25) is 0 Å². The Labute approximate surface area is 179 Å². The minimum Gasteiger partial charge on any atom is -0.489 e. The van der Waals surface area contributed by atoms with Crippen LogP contribution in [0.15, 0.2) is 29.8 Å². The average Bonchev–Trinajstić information content (AvgIpc) is 3.35. The predicted molar refractivity (Wildman–Crippen MR) is 110 cm³/mol. The molecule has 1 amide bonds. The number of aromatic nitrogens is 1. The highest BCUT2D eigenvalue weighted by atomic mass is 35.5. The zero-order chi connectivity index (χ0) is 20.6. The summed E-state index contributed by atoms with van der Waals surface area (Å²) in [6.45, 7) is 4.56. The molecule has 0 radical (unpaired) electrons. The van der Waals surface area contributed by atoms with Gasteiger partial charge in [-0.1, -0.05) is 11.6 Å². The first-order chi connectivity index (χ1) is 13.8. The van der Waals surface area contributed by atoms with Crippen molar-refractivity contribution in [1.82, 2.24) is 9.88 Å². The van der Waals surface area contributed by atoms with E-state index >= 15 is 0 Å². The first-order valence-corrected chi connectivity index (χ1v) is 10.6. The van der Waals surface area contributed by atoms with Crippen LogP contribution in [-0.4, -0.2) is 59.1 Å². The molecule has 0 bridgehead atoms. The molecule has 1 aromatic carbocycles. The third kappa shape index (κ3) is 4.13. The highest BCUT2D eigenvalue weighted by Gasteiger charge is 2.52. The van der Waals surface area contributed by atoms with Crippen molar-refractivity contribution in [2.24, 2.45) is 0 Å². The summed E-state index contributed by atoms with van der Waals surface area (Å²) in [5, 5.41) is 12.9. The number of piperidine rings is 1. The first kappa shape index (κ1) is 20.6. The molecular formula is C20H25ClN2O5S. The minimum atomic E-state index is -0.973. The van der Waals surface area contributed by atoms with Crippen LogP contribution in [0.25, 0.3) is 0 Å². The molecule has 1 aromatic heterocycles. The molecule has 1 N–H and O–H groups in total. The van der Waals surface area contributed by atoms with Gasteiger partial charge in [0, 0.05) is 31.5 Å². The Morgan fingerprint density at radius 3 is 3.07 bits per heavy atom. The Hall–Kier alpha value is -1.71. The molecule has 2 aliphatic rings. The number of fused-ring (bicyclic) bond motifs is 1. The van der Waals surface area contributed by atoms with Gasteiger partial charge in [-0.05, 0) is 32.0 Å². The zero-order valence-corrected chi connectivity index (χ0v) is 17.8. The molecule has 2 aliphatic heterocycles. The molecule has 3 heterocycles. The number of rotatable bonds is 5. The predicted octanol–water partition coefficient (Wildman–Crippen LogP) is 3.31. The number of halogens is 1. The van der Waals surface area contributed by atoms with Crippen LogP contribution in [0.1, 0.15) is 37.1 Å². The van der Waals surface area contributed by atoms with E-state index < -0.39 is 11.2 Å². The number of hydrogen-bond donors (Lipinski definition) is 1. The monoisotopic (exact) mass is 440 g/mol. The van der Waals surface area contributed by atoms with Crippen LogP contribution >= 0.6 is 22.9 Å². The number of benzene rings is 1. The van der Waals surface area contributed by atoms with Crippen LogP contribution in [0.5, 0.6) is 5.75 Å². The molecule has 7 nitrogen and oxygen atoms in total. The van der Waals surface area contributed by atoms with Gasteiger partial charge in [0.15, 0.2) is 5.60 Å². The van der Waals surface area contributed by atoms with Gasteiger partial charge >= 0.3 is 0 Å². The Morgan fingerprint density at radius 1 is 1.55 bits per heavy atom. The molecule has 158 valence electrons. The lowest BCUT2D eigenvalue weighted by Crippen LogP contribution is -2.53. The van der Waals surface area contributed by atoms with Crippen molar-refractivity contribution in [3.05, 3.63) is 45.4 Å². The number of hydrogen-bond acceptors (Lipinski definition) is 7. The zero-order valence-electron chi connectivity index (χ0n) is 16.3. The van der Waals surface area contributed by atoms with E-state index in [1.54, 1.807) is 54.5 Å². The van der Waals surface area contributed by atoms with Crippen molar-refractivity contribution < 1.29 is 25.5 Å². The fourth-order valence-corrected chi connectivity index (χ4v) is 4.69. The van der Waals surface area contributed by atoms with Crippen LogP contribution in [-0.2, 0) is 15.1 Å². The fourth-order valence-electron chi connectivity index (χ4n) is 3.59. The van der Waals surface area contributed by atoms with Crippen molar-refractivity contribution in [2.75, 3.05) is 26.5 Å². The molecule has 4 rings (SSSR count). The average molecular weight is 441 g/mol. The van der Waals surface area contributed by atoms with Gasteiger partial charge in [0.1, 0.15) is 30.3 Å². The maximum absolute atomic E-state index is 13.0. The quantitative estimate of drug-likeness (QED) is 0.768. The largest absolute Gasteiger partial charge is 0.489 e. The number of ether oxygens (including phenoxy) is 3. The number of likely N-dealkylation sites (tertiary alicyclic amines) is 1. The lowest BCUT2D eigenvalue weighted by molar-refractivity contribution is -0.0440. The summed E-state index contributed by atoms with van der Waals surface area (Å²) in [5.74, 6) is 0.309. The third-order valence-corrected chi connectivity index (χ3v) is 6.31. The van der Waals surface area contributed by atoms with Crippen molar-refractivity contribution in [2.45, 2.75) is 37.6 Å². The normalized spacial score (nSPS) is 24.4. The summed E-state index contributed by atoms with van der Waals surface area (Å²) >= 11 is 7.83. The Balaban J connectivity index is 0.00000256. The van der Waals surface area contributed by atoms with Crippen LogP contribution < -0.4 is 4.74 Å². The fraction of sp³-hybridized carbons (Fsp3) is 0.500. The van der Waals surface area contributed by atoms with E-state index in [2.05, 4.69) is 4.98 Å². The molecule has 2 aromatic rings. The van der Waals surface area contributed by atoms with Crippen LogP contribution in [0.4, 0.5) is 0 Å². The van der Waals surface area contributed by atoms with E-state index in [0.717, 1.165) is 5.01 Å². The number of carbonyl (C=O) groups is 1. The molecule has 0 saturated carbocycles. The van der Waals surface area contributed by atoms with Crippen LogP contribution in [0.3, 0.4) is 0 Å². The minimum absolute atomic E-state index is 0. The van der Waals surface area contributed by atoms with Crippen LogP contribution in [0.2, 0.25) is 5.02 Å². The van der Waals surface area contributed by atoms with E-state index in [1.807, 2.05) is 5.38 Å². The van der Waals surface area contributed by atoms with Gasteiger partial charge < -0.3 is 24.2 Å². The molecule has 2 unspecified atom stereocenters. The standard InChI is InChI=1S/C20H23ClN2O5S.H2/c1-19(2,25)11-26-15-4-3-13(9-14(15)21)17(24)23-7-5-20(18-22-6-8-29-18)16(10-23)27-12-28-20;/h3-4,6,8-9,16,25H,5,7,10-12H2,1-2H3;1H. The number of thiazole rings is 1. The van der Waals surface area contributed by atoms with Crippen molar-refractivity contribution in [3.63, 3.8) is 0 Å². The Bertz CT molecular complexity index is 892. The second kappa shape index (κ2) is 7.85. The van der Waals surface area contributed by atoms with E-state index in [0.29, 0.717) is 35.8 Å². The van der Waals surface area contributed by atoms with Crippen molar-refractivity contribution in [3.8, 4) is 5.75 Å². The summed E-state index contributed by atoms with van der Waals surface area (Å²) < 4.78 is 17.3.